The van der Waals surface area contributed by atoms with Crippen LogP contribution in [-0.4, -0.2) is 52.8 Å². The van der Waals surface area contributed by atoms with Crippen molar-refractivity contribution < 1.29 is 19.4 Å². The highest BCUT2D eigenvalue weighted by atomic mass is 32.1. The molecule has 0 bridgehead atoms. The first-order valence-electron chi connectivity index (χ1n) is 11.1. The molecule has 4 rings (SSSR count). The van der Waals surface area contributed by atoms with E-state index < -0.39 is 0 Å². The summed E-state index contributed by atoms with van der Waals surface area (Å²) in [6.45, 7) is 1.36. The SMILES string of the molecule is N#Cc1c(NC(=O)C=Cc2cccnc2)sc2c1CC[C@@H](COC(=O)N1CCC(O)CC1)C2. The lowest BCUT2D eigenvalue weighted by atomic mass is 9.88. The Morgan fingerprint density at radius 3 is 2.91 bits per heavy atom. The Morgan fingerprint density at radius 1 is 1.36 bits per heavy atom. The molecule has 3 heterocycles. The van der Waals surface area contributed by atoms with Gasteiger partial charge in [0.15, 0.2) is 0 Å². The summed E-state index contributed by atoms with van der Waals surface area (Å²) >= 11 is 1.42. The lowest BCUT2D eigenvalue weighted by Crippen LogP contribution is -2.41. The zero-order valence-corrected chi connectivity index (χ0v) is 19.0. The predicted octanol–water partition coefficient (Wildman–Crippen LogP) is 3.36. The van der Waals surface area contributed by atoms with E-state index in [9.17, 15) is 20.0 Å². The van der Waals surface area contributed by atoms with Crippen LogP contribution in [0.1, 0.15) is 40.8 Å². The van der Waals surface area contributed by atoms with Gasteiger partial charge in [0.2, 0.25) is 5.91 Å². The van der Waals surface area contributed by atoms with E-state index >= 15 is 0 Å². The summed E-state index contributed by atoms with van der Waals surface area (Å²) in [5, 5.41) is 22.7. The number of fused-ring (bicyclic) bond motifs is 1. The standard InChI is InChI=1S/C24H26N4O4S/c25-13-20-19-5-3-17(15-32-24(31)28-10-7-18(29)8-11-28)12-21(19)33-23(20)27-22(30)6-4-16-2-1-9-26-14-16/h1-2,4,6,9,14,17-18,29H,3,5,7-8,10-12,15H2,(H,27,30)/t17-/m1/s1. The van der Waals surface area contributed by atoms with Gasteiger partial charge < -0.3 is 20.1 Å². The highest BCUT2D eigenvalue weighted by Gasteiger charge is 2.28. The number of nitriles is 1. The Kier molecular flexibility index (Phi) is 7.37. The Morgan fingerprint density at radius 2 is 2.18 bits per heavy atom. The summed E-state index contributed by atoms with van der Waals surface area (Å²) in [5.41, 5.74) is 2.33. The van der Waals surface area contributed by atoms with Crippen LogP contribution in [0.4, 0.5) is 9.80 Å². The maximum atomic E-state index is 12.4. The number of aromatic nitrogens is 1. The second kappa shape index (κ2) is 10.6. The number of ether oxygens (including phenoxy) is 1. The molecule has 2 aromatic heterocycles. The zero-order chi connectivity index (χ0) is 23.2. The van der Waals surface area contributed by atoms with Crippen molar-refractivity contribution in [2.45, 2.75) is 38.2 Å². The smallest absolute Gasteiger partial charge is 0.409 e. The zero-order valence-electron chi connectivity index (χ0n) is 18.2. The lowest BCUT2D eigenvalue weighted by Gasteiger charge is -2.30. The third-order valence-corrected chi connectivity index (χ3v) is 7.16. The predicted molar refractivity (Wildman–Crippen MR) is 125 cm³/mol. The van der Waals surface area contributed by atoms with Gasteiger partial charge in [-0.3, -0.25) is 9.78 Å². The molecule has 0 radical (unpaired) electrons. The van der Waals surface area contributed by atoms with Gasteiger partial charge in [0.1, 0.15) is 11.1 Å². The van der Waals surface area contributed by atoms with E-state index in [1.54, 1.807) is 29.4 Å². The fourth-order valence-corrected chi connectivity index (χ4v) is 5.45. The fraction of sp³-hybridized carbons (Fsp3) is 0.417. The molecule has 2 aromatic rings. The number of aliphatic hydroxyl groups excluding tert-OH is 1. The number of carbonyl (C=O) groups is 2. The molecule has 0 spiro atoms. The first-order chi connectivity index (χ1) is 16.0. The Balaban J connectivity index is 1.34. The van der Waals surface area contributed by atoms with Crippen LogP contribution < -0.4 is 5.32 Å². The summed E-state index contributed by atoms with van der Waals surface area (Å²) in [6.07, 6.45) is 9.18. The molecule has 1 aliphatic heterocycles. The molecule has 1 fully saturated rings. The molecule has 1 saturated heterocycles. The van der Waals surface area contributed by atoms with Crippen LogP contribution in [0.3, 0.4) is 0 Å². The van der Waals surface area contributed by atoms with Crippen molar-refractivity contribution in [2.24, 2.45) is 5.92 Å². The van der Waals surface area contributed by atoms with Crippen molar-refractivity contribution in [2.75, 3.05) is 25.0 Å². The van der Waals surface area contributed by atoms with Gasteiger partial charge >= 0.3 is 6.09 Å². The van der Waals surface area contributed by atoms with Gasteiger partial charge in [0.05, 0.1) is 18.3 Å². The number of amides is 2. The van der Waals surface area contributed by atoms with Gasteiger partial charge in [0.25, 0.3) is 0 Å². The van der Waals surface area contributed by atoms with Gasteiger partial charge in [-0.05, 0) is 61.3 Å². The van der Waals surface area contributed by atoms with Gasteiger partial charge in [-0.1, -0.05) is 6.07 Å². The number of hydrogen-bond acceptors (Lipinski definition) is 7. The van der Waals surface area contributed by atoms with E-state index in [4.69, 9.17) is 4.74 Å². The van der Waals surface area contributed by atoms with E-state index in [1.807, 2.05) is 6.07 Å². The molecule has 1 atom stereocenters. The molecule has 9 heteroatoms. The van der Waals surface area contributed by atoms with Crippen LogP contribution in [0.25, 0.3) is 6.08 Å². The number of anilines is 1. The Hall–Kier alpha value is -3.22. The maximum absolute atomic E-state index is 12.4. The summed E-state index contributed by atoms with van der Waals surface area (Å²) in [4.78, 5) is 31.4. The van der Waals surface area contributed by atoms with Crippen LogP contribution in [0.15, 0.2) is 30.6 Å². The normalized spacial score (nSPS) is 18.5. The number of hydrogen-bond donors (Lipinski definition) is 2. The van der Waals surface area contributed by atoms with Crippen molar-refractivity contribution in [1.29, 1.82) is 5.26 Å². The highest BCUT2D eigenvalue weighted by molar-refractivity contribution is 7.16. The van der Waals surface area contributed by atoms with E-state index in [1.165, 1.54) is 17.4 Å². The van der Waals surface area contributed by atoms with Crippen LogP contribution in [0, 0.1) is 17.2 Å². The number of nitrogens with one attached hydrogen (secondary N) is 1. The summed E-state index contributed by atoms with van der Waals surface area (Å²) in [6, 6.07) is 5.89. The molecule has 2 aliphatic rings. The number of pyridine rings is 1. The average Bonchev–Trinajstić information content (AvgIpc) is 3.18. The van der Waals surface area contributed by atoms with Gasteiger partial charge in [-0.2, -0.15) is 5.26 Å². The average molecular weight is 467 g/mol. The molecule has 0 aromatic carbocycles. The molecule has 0 saturated carbocycles. The minimum Gasteiger partial charge on any atom is -0.449 e. The number of carbonyl (C=O) groups excluding carboxylic acids is 2. The second-order valence-corrected chi connectivity index (χ2v) is 9.44. The highest BCUT2D eigenvalue weighted by Crippen LogP contribution is 2.39. The number of piperidine rings is 1. The van der Waals surface area contributed by atoms with Crippen molar-refractivity contribution in [1.82, 2.24) is 9.88 Å². The van der Waals surface area contributed by atoms with E-state index in [2.05, 4.69) is 16.4 Å². The molecular formula is C24H26N4O4S. The molecule has 33 heavy (non-hydrogen) atoms. The van der Waals surface area contributed by atoms with Crippen molar-refractivity contribution >= 4 is 34.4 Å². The van der Waals surface area contributed by atoms with Crippen molar-refractivity contribution in [3.8, 4) is 6.07 Å². The third kappa shape index (κ3) is 5.78. The van der Waals surface area contributed by atoms with Crippen molar-refractivity contribution in [3.63, 3.8) is 0 Å². The minimum atomic E-state index is -0.334. The Bertz CT molecular complexity index is 1070. The van der Waals surface area contributed by atoms with E-state index in [-0.39, 0.29) is 24.0 Å². The van der Waals surface area contributed by atoms with Crippen molar-refractivity contribution in [3.05, 3.63) is 52.2 Å². The number of thiophene rings is 1. The third-order valence-electron chi connectivity index (χ3n) is 5.99. The Labute approximate surface area is 196 Å². The van der Waals surface area contributed by atoms with E-state index in [0.29, 0.717) is 55.9 Å². The second-order valence-electron chi connectivity index (χ2n) is 8.33. The fourth-order valence-electron chi connectivity index (χ4n) is 4.13. The molecule has 2 N–H and O–H groups in total. The quantitative estimate of drug-likeness (QED) is 0.653. The largest absolute Gasteiger partial charge is 0.449 e. The number of nitrogens with zero attached hydrogens (tertiary/aromatic N) is 3. The topological polar surface area (TPSA) is 116 Å². The first-order valence-corrected chi connectivity index (χ1v) is 11.9. The lowest BCUT2D eigenvalue weighted by molar-refractivity contribution is -0.111. The van der Waals surface area contributed by atoms with Gasteiger partial charge in [-0.25, -0.2) is 4.79 Å². The molecule has 1 aliphatic carbocycles. The van der Waals surface area contributed by atoms with E-state index in [0.717, 1.165) is 22.4 Å². The number of likely N-dealkylation sites (tertiary alicyclic amines) is 1. The molecule has 2 amide bonds. The molecule has 172 valence electrons. The van der Waals surface area contributed by atoms with Gasteiger partial charge in [0, 0.05) is 36.4 Å². The molecule has 0 unspecified atom stereocenters. The van der Waals surface area contributed by atoms with Gasteiger partial charge in [-0.15, -0.1) is 11.3 Å². The first kappa shape index (κ1) is 23.0. The number of rotatable bonds is 5. The minimum absolute atomic E-state index is 0.177. The molecular weight excluding hydrogens is 440 g/mol. The van der Waals surface area contributed by atoms with Crippen LogP contribution in [0.5, 0.6) is 0 Å². The summed E-state index contributed by atoms with van der Waals surface area (Å²) < 4.78 is 5.53. The summed E-state index contributed by atoms with van der Waals surface area (Å²) in [5.74, 6) is -0.123. The summed E-state index contributed by atoms with van der Waals surface area (Å²) in [7, 11) is 0. The number of aliphatic hydroxyl groups is 1. The van der Waals surface area contributed by atoms with Crippen LogP contribution >= 0.6 is 11.3 Å². The molecule has 8 nitrogen and oxygen atoms in total. The van der Waals surface area contributed by atoms with Crippen LogP contribution in [-0.2, 0) is 22.4 Å². The maximum Gasteiger partial charge on any atom is 0.409 e. The van der Waals surface area contributed by atoms with Crippen LogP contribution in [0.2, 0.25) is 0 Å². The monoisotopic (exact) mass is 466 g/mol.